The minimum Gasteiger partial charge on any atom is -0.359 e. The lowest BCUT2D eigenvalue weighted by molar-refractivity contribution is -0.120. The van der Waals surface area contributed by atoms with Crippen molar-refractivity contribution in [1.82, 2.24) is 10.6 Å². The number of amidine groups is 1. The second-order valence-corrected chi connectivity index (χ2v) is 5.56. The van der Waals surface area contributed by atoms with Crippen LogP contribution in [0.2, 0.25) is 10.0 Å². The summed E-state index contributed by atoms with van der Waals surface area (Å²) in [5.41, 5.74) is 0.828. The summed E-state index contributed by atoms with van der Waals surface area (Å²) in [6.07, 6.45) is 2.20. The van der Waals surface area contributed by atoms with Crippen LogP contribution in [0, 0.1) is 0 Å². The minimum absolute atomic E-state index is 0.109. The van der Waals surface area contributed by atoms with E-state index >= 15 is 0 Å². The predicted molar refractivity (Wildman–Crippen MR) is 87.3 cm³/mol. The van der Waals surface area contributed by atoms with E-state index in [1.807, 2.05) is 6.07 Å². The second kappa shape index (κ2) is 8.00. The molecule has 0 bridgehead atoms. The maximum absolute atomic E-state index is 11.7. The van der Waals surface area contributed by atoms with Crippen LogP contribution in [-0.4, -0.2) is 31.2 Å². The fraction of sp³-hybridized carbons (Fsp3) is 0.357. The maximum Gasteiger partial charge on any atom is 0.225 e. The Labute approximate surface area is 138 Å². The van der Waals surface area contributed by atoms with Crippen LogP contribution in [-0.2, 0) is 9.59 Å². The van der Waals surface area contributed by atoms with Crippen LogP contribution in [0.5, 0.6) is 0 Å². The lowest BCUT2D eigenvalue weighted by atomic mass is 10.3. The van der Waals surface area contributed by atoms with Crippen molar-refractivity contribution in [3.63, 3.8) is 0 Å². The highest BCUT2D eigenvalue weighted by Gasteiger charge is 2.18. The zero-order chi connectivity index (χ0) is 15.9. The average Bonchev–Trinajstić information content (AvgIpc) is 2.95. The van der Waals surface area contributed by atoms with E-state index in [4.69, 9.17) is 23.2 Å². The number of anilines is 1. The number of hydrogen-bond donors (Lipinski definition) is 2. The first kappa shape index (κ1) is 16.6. The van der Waals surface area contributed by atoms with Gasteiger partial charge in [-0.05, 0) is 24.6 Å². The van der Waals surface area contributed by atoms with Gasteiger partial charge < -0.3 is 10.6 Å². The monoisotopic (exact) mass is 342 g/mol. The number of benzene rings is 1. The van der Waals surface area contributed by atoms with Crippen LogP contribution in [0.15, 0.2) is 23.3 Å². The summed E-state index contributed by atoms with van der Waals surface area (Å²) in [6, 6.07) is 5.28. The molecular weight excluding hydrogens is 327 g/mol. The van der Waals surface area contributed by atoms with Gasteiger partial charge in [0.2, 0.25) is 12.3 Å². The van der Waals surface area contributed by atoms with E-state index < -0.39 is 0 Å². The predicted octanol–water partition coefficient (Wildman–Crippen LogP) is 2.16. The molecule has 1 heterocycles. The molecule has 0 aromatic heterocycles. The summed E-state index contributed by atoms with van der Waals surface area (Å²) in [7, 11) is 0. The lowest BCUT2D eigenvalue weighted by Crippen LogP contribution is -2.29. The van der Waals surface area contributed by atoms with Crippen molar-refractivity contribution < 1.29 is 9.59 Å². The topological polar surface area (TPSA) is 73.8 Å². The van der Waals surface area contributed by atoms with Gasteiger partial charge in [-0.1, -0.05) is 23.2 Å². The van der Waals surface area contributed by atoms with Crippen molar-refractivity contribution in [1.29, 1.82) is 0 Å². The number of halogens is 2. The lowest BCUT2D eigenvalue weighted by Gasteiger charge is -2.13. The number of amides is 2. The van der Waals surface area contributed by atoms with E-state index in [0.717, 1.165) is 5.69 Å². The highest BCUT2D eigenvalue weighted by Crippen LogP contribution is 2.28. The Morgan fingerprint density at radius 3 is 2.91 bits per heavy atom. The van der Waals surface area contributed by atoms with Gasteiger partial charge in [-0.2, -0.15) is 5.10 Å². The molecule has 2 rings (SSSR count). The first-order chi connectivity index (χ1) is 10.6. The Bertz CT molecular complexity index is 592. The average molecular weight is 343 g/mol. The zero-order valence-corrected chi connectivity index (χ0v) is 13.3. The quantitative estimate of drug-likeness (QED) is 0.614. The van der Waals surface area contributed by atoms with Crippen LogP contribution >= 0.6 is 23.2 Å². The molecule has 118 valence electrons. The molecule has 0 fully saturated rings. The third kappa shape index (κ3) is 4.61. The molecule has 6 nitrogen and oxygen atoms in total. The largest absolute Gasteiger partial charge is 0.359 e. The van der Waals surface area contributed by atoms with Crippen molar-refractivity contribution in [2.45, 2.75) is 19.3 Å². The minimum atomic E-state index is -0.109. The molecular formula is C14H16Cl2N4O2. The highest BCUT2D eigenvalue weighted by molar-refractivity contribution is 6.42. The molecule has 1 aromatic carbocycles. The molecule has 0 spiro atoms. The molecule has 0 radical (unpaired) electrons. The van der Waals surface area contributed by atoms with Gasteiger partial charge in [0, 0.05) is 25.9 Å². The van der Waals surface area contributed by atoms with E-state index in [1.54, 1.807) is 17.1 Å². The molecule has 1 aromatic rings. The van der Waals surface area contributed by atoms with Crippen LogP contribution in [0.4, 0.5) is 5.69 Å². The molecule has 2 amide bonds. The standard InChI is InChI=1S/C14H16Cl2N4O2/c15-11-4-3-10(8-12(11)16)20-7-5-13(19-20)18-14(22)2-1-6-17-9-21/h3-4,8-9H,1-2,5-7H2,(H,17,21)(H,18,19,22). The van der Waals surface area contributed by atoms with Crippen LogP contribution < -0.4 is 15.6 Å². The molecule has 2 N–H and O–H groups in total. The molecule has 1 aliphatic rings. The molecule has 0 saturated heterocycles. The number of nitrogens with zero attached hydrogens (tertiary/aromatic N) is 2. The van der Waals surface area contributed by atoms with Crippen LogP contribution in [0.3, 0.4) is 0 Å². The van der Waals surface area contributed by atoms with Crippen molar-refractivity contribution in [3.8, 4) is 0 Å². The fourth-order valence-corrected chi connectivity index (χ4v) is 2.30. The Kier molecular flexibility index (Phi) is 6.03. The molecule has 0 atom stereocenters. The molecule has 0 aliphatic carbocycles. The Hall–Kier alpha value is -1.79. The van der Waals surface area contributed by atoms with Crippen molar-refractivity contribution in [3.05, 3.63) is 28.2 Å². The van der Waals surface area contributed by atoms with Gasteiger partial charge in [0.15, 0.2) is 0 Å². The Morgan fingerprint density at radius 2 is 2.18 bits per heavy atom. The number of rotatable bonds is 6. The molecule has 1 aliphatic heterocycles. The second-order valence-electron chi connectivity index (χ2n) is 4.74. The van der Waals surface area contributed by atoms with E-state index in [-0.39, 0.29) is 5.91 Å². The Balaban J connectivity index is 1.87. The molecule has 0 unspecified atom stereocenters. The fourth-order valence-electron chi connectivity index (χ4n) is 2.01. The first-order valence-electron chi connectivity index (χ1n) is 6.87. The van der Waals surface area contributed by atoms with Gasteiger partial charge in [0.1, 0.15) is 5.84 Å². The molecule has 22 heavy (non-hydrogen) atoms. The maximum atomic E-state index is 11.7. The van der Waals surface area contributed by atoms with Gasteiger partial charge >= 0.3 is 0 Å². The normalized spacial score (nSPS) is 13.7. The first-order valence-corrected chi connectivity index (χ1v) is 7.62. The third-order valence-corrected chi connectivity index (χ3v) is 3.83. The van der Waals surface area contributed by atoms with Crippen LogP contribution in [0.25, 0.3) is 0 Å². The van der Waals surface area contributed by atoms with Crippen molar-refractivity contribution in [2.75, 3.05) is 18.1 Å². The zero-order valence-electron chi connectivity index (χ0n) is 11.8. The Morgan fingerprint density at radius 1 is 1.36 bits per heavy atom. The molecule has 8 heteroatoms. The highest BCUT2D eigenvalue weighted by atomic mass is 35.5. The van der Waals surface area contributed by atoms with Gasteiger partial charge in [-0.15, -0.1) is 0 Å². The summed E-state index contributed by atoms with van der Waals surface area (Å²) in [5.74, 6) is 0.516. The number of carbonyl (C=O) groups is 2. The van der Waals surface area contributed by atoms with E-state index in [1.165, 1.54) is 0 Å². The smallest absolute Gasteiger partial charge is 0.225 e. The SMILES string of the molecule is O=CNCCCC(=O)NC1=NN(c2ccc(Cl)c(Cl)c2)CC1. The summed E-state index contributed by atoms with van der Waals surface area (Å²) in [6.45, 7) is 1.15. The number of carbonyl (C=O) groups excluding carboxylic acids is 2. The summed E-state index contributed by atoms with van der Waals surface area (Å²) < 4.78 is 0. The van der Waals surface area contributed by atoms with Gasteiger partial charge in [0.25, 0.3) is 0 Å². The number of nitrogens with one attached hydrogen (secondary N) is 2. The third-order valence-electron chi connectivity index (χ3n) is 3.10. The number of hydrogen-bond acceptors (Lipinski definition) is 4. The number of hydrazone groups is 1. The van der Waals surface area contributed by atoms with Gasteiger partial charge in [-0.3, -0.25) is 14.6 Å². The van der Waals surface area contributed by atoms with Crippen molar-refractivity contribution >= 4 is 47.0 Å². The van der Waals surface area contributed by atoms with Crippen molar-refractivity contribution in [2.24, 2.45) is 5.10 Å². The van der Waals surface area contributed by atoms with Crippen LogP contribution in [0.1, 0.15) is 19.3 Å². The molecule has 0 saturated carbocycles. The summed E-state index contributed by atoms with van der Waals surface area (Å²) in [5, 5.41) is 12.4. The van der Waals surface area contributed by atoms with Gasteiger partial charge in [-0.25, -0.2) is 0 Å². The van der Waals surface area contributed by atoms with E-state index in [2.05, 4.69) is 15.7 Å². The van der Waals surface area contributed by atoms with Gasteiger partial charge in [0.05, 0.1) is 15.7 Å². The summed E-state index contributed by atoms with van der Waals surface area (Å²) in [4.78, 5) is 21.8. The van der Waals surface area contributed by atoms with E-state index in [0.29, 0.717) is 54.6 Å². The van der Waals surface area contributed by atoms with E-state index in [9.17, 15) is 9.59 Å². The summed E-state index contributed by atoms with van der Waals surface area (Å²) >= 11 is 11.9.